The molecule has 0 radical (unpaired) electrons. The largest absolute Gasteiger partial charge is 0.375 e. The Morgan fingerprint density at radius 1 is 1.32 bits per heavy atom. The van der Waals surface area contributed by atoms with E-state index in [0.717, 1.165) is 25.0 Å². The van der Waals surface area contributed by atoms with Crippen LogP contribution in [0.4, 0.5) is 0 Å². The topological polar surface area (TPSA) is 30.9 Å². The molecule has 1 heterocycles. The Morgan fingerprint density at radius 2 is 1.93 bits per heavy atom. The Balaban J connectivity index is 2.99. The molecule has 28 heavy (non-hydrogen) atoms. The van der Waals surface area contributed by atoms with E-state index in [1.807, 2.05) is 6.92 Å². The molecule has 1 saturated heterocycles. The summed E-state index contributed by atoms with van der Waals surface area (Å²) in [5.74, 6) is 0.924. The normalized spacial score (nSPS) is 31.5. The van der Waals surface area contributed by atoms with Crippen LogP contribution in [0.3, 0.4) is 0 Å². The molecule has 0 amide bonds. The summed E-state index contributed by atoms with van der Waals surface area (Å²) in [5.41, 5.74) is 0.591. The van der Waals surface area contributed by atoms with E-state index in [1.165, 1.54) is 6.42 Å². The maximum atomic E-state index is 6.68. The van der Waals surface area contributed by atoms with Crippen molar-refractivity contribution in [2.45, 2.75) is 104 Å². The first kappa shape index (κ1) is 25.6. The second-order valence-electron chi connectivity index (χ2n) is 10.3. The van der Waals surface area contributed by atoms with Crippen LogP contribution in [0.15, 0.2) is 12.2 Å². The van der Waals surface area contributed by atoms with Gasteiger partial charge in [0.25, 0.3) is 0 Å². The van der Waals surface area contributed by atoms with E-state index in [-0.39, 0.29) is 35.4 Å². The average Bonchev–Trinajstić information content (AvgIpc) is 2.66. The van der Waals surface area contributed by atoms with Crippen LogP contribution in [0.2, 0.25) is 0 Å². The first-order chi connectivity index (χ1) is 12.8. The van der Waals surface area contributed by atoms with E-state index in [4.69, 9.17) is 14.2 Å². The third-order valence-electron chi connectivity index (χ3n) is 6.10. The number of rotatable bonds is 10. The van der Waals surface area contributed by atoms with Crippen LogP contribution < -0.4 is 0 Å². The smallest absolute Gasteiger partial charge is 0.104 e. The van der Waals surface area contributed by atoms with Crippen molar-refractivity contribution in [3.05, 3.63) is 12.2 Å². The summed E-state index contributed by atoms with van der Waals surface area (Å²) in [4.78, 5) is 2.24. The zero-order valence-corrected chi connectivity index (χ0v) is 20.3. The predicted octanol–water partition coefficient (Wildman–Crippen LogP) is 5.31. The van der Waals surface area contributed by atoms with E-state index in [2.05, 4.69) is 74.0 Å². The van der Waals surface area contributed by atoms with Gasteiger partial charge in [-0.15, -0.1) is 0 Å². The lowest BCUT2D eigenvalue weighted by atomic mass is 9.83. The van der Waals surface area contributed by atoms with Gasteiger partial charge >= 0.3 is 0 Å². The minimum Gasteiger partial charge on any atom is -0.375 e. The van der Waals surface area contributed by atoms with Crippen molar-refractivity contribution in [3.63, 3.8) is 0 Å². The average molecular weight is 398 g/mol. The highest BCUT2D eigenvalue weighted by atomic mass is 16.6. The van der Waals surface area contributed by atoms with Crippen molar-refractivity contribution in [1.82, 2.24) is 4.90 Å². The predicted molar refractivity (Wildman–Crippen MR) is 119 cm³/mol. The maximum Gasteiger partial charge on any atom is 0.104 e. The molecular weight excluding hydrogens is 350 g/mol. The SMILES string of the molecule is C=C(C)C1OC(C)CC(C)(C(COC(C)(C)C[C@H](C)CC)CN(C)C)OC1C. The molecule has 0 aromatic rings. The fraction of sp³-hybridized carbons (Fsp3) is 0.917. The van der Waals surface area contributed by atoms with Crippen molar-refractivity contribution in [3.8, 4) is 0 Å². The van der Waals surface area contributed by atoms with Crippen molar-refractivity contribution in [1.29, 1.82) is 0 Å². The Hall–Kier alpha value is -0.420. The first-order valence-corrected chi connectivity index (χ1v) is 11.1. The molecule has 1 aliphatic heterocycles. The molecule has 1 fully saturated rings. The summed E-state index contributed by atoms with van der Waals surface area (Å²) >= 11 is 0. The van der Waals surface area contributed by atoms with E-state index in [9.17, 15) is 0 Å². The molecule has 0 N–H and O–H groups in total. The van der Waals surface area contributed by atoms with Crippen molar-refractivity contribution >= 4 is 0 Å². The van der Waals surface area contributed by atoms with Crippen LogP contribution in [0.25, 0.3) is 0 Å². The fourth-order valence-electron chi connectivity index (χ4n) is 4.53. The van der Waals surface area contributed by atoms with Gasteiger partial charge in [0.15, 0.2) is 0 Å². The Bertz CT molecular complexity index is 490. The van der Waals surface area contributed by atoms with Gasteiger partial charge in [0.05, 0.1) is 30.0 Å². The second kappa shape index (κ2) is 10.6. The molecule has 4 heteroatoms. The van der Waals surface area contributed by atoms with Crippen molar-refractivity contribution in [2.24, 2.45) is 11.8 Å². The summed E-state index contributed by atoms with van der Waals surface area (Å²) < 4.78 is 19.5. The highest BCUT2D eigenvalue weighted by molar-refractivity contribution is 5.04. The maximum absolute atomic E-state index is 6.68. The molecule has 0 bridgehead atoms. The van der Waals surface area contributed by atoms with Gasteiger partial charge in [-0.3, -0.25) is 0 Å². The van der Waals surface area contributed by atoms with Gasteiger partial charge < -0.3 is 19.1 Å². The molecule has 166 valence electrons. The number of ether oxygens (including phenoxy) is 3. The summed E-state index contributed by atoms with van der Waals surface area (Å²) in [6, 6.07) is 0. The van der Waals surface area contributed by atoms with Crippen LogP contribution in [0.5, 0.6) is 0 Å². The number of nitrogens with zero attached hydrogens (tertiary/aromatic N) is 1. The minimum absolute atomic E-state index is 0.0229. The van der Waals surface area contributed by atoms with Gasteiger partial charge in [0, 0.05) is 18.9 Å². The second-order valence-corrected chi connectivity index (χ2v) is 10.3. The van der Waals surface area contributed by atoms with Crippen molar-refractivity contribution < 1.29 is 14.2 Å². The molecule has 1 rings (SSSR count). The molecular formula is C24H47NO3. The van der Waals surface area contributed by atoms with E-state index in [1.54, 1.807) is 0 Å². The highest BCUT2D eigenvalue weighted by Gasteiger charge is 2.44. The van der Waals surface area contributed by atoms with Gasteiger partial charge in [0.2, 0.25) is 0 Å². The van der Waals surface area contributed by atoms with Gasteiger partial charge in [-0.2, -0.15) is 0 Å². The van der Waals surface area contributed by atoms with E-state index in [0.29, 0.717) is 12.5 Å². The Labute approximate surface area is 175 Å². The molecule has 0 saturated carbocycles. The molecule has 0 aromatic heterocycles. The number of hydrogen-bond donors (Lipinski definition) is 0. The van der Waals surface area contributed by atoms with Crippen LogP contribution >= 0.6 is 0 Å². The lowest BCUT2D eigenvalue weighted by molar-refractivity contribution is -0.150. The fourth-order valence-corrected chi connectivity index (χ4v) is 4.53. The van der Waals surface area contributed by atoms with Gasteiger partial charge in [-0.05, 0) is 73.5 Å². The molecule has 6 atom stereocenters. The molecule has 0 aliphatic carbocycles. The van der Waals surface area contributed by atoms with Crippen LogP contribution in [-0.4, -0.2) is 61.7 Å². The summed E-state index contributed by atoms with van der Waals surface area (Å²) in [6.07, 6.45) is 3.15. The van der Waals surface area contributed by atoms with Gasteiger partial charge in [-0.1, -0.05) is 26.8 Å². The summed E-state index contributed by atoms with van der Waals surface area (Å²) in [6.45, 7) is 23.2. The Morgan fingerprint density at radius 3 is 2.43 bits per heavy atom. The lowest BCUT2D eigenvalue weighted by Crippen LogP contribution is -2.49. The highest BCUT2D eigenvalue weighted by Crippen LogP contribution is 2.37. The zero-order chi connectivity index (χ0) is 21.7. The van der Waals surface area contributed by atoms with Gasteiger partial charge in [-0.25, -0.2) is 0 Å². The third-order valence-corrected chi connectivity index (χ3v) is 6.10. The van der Waals surface area contributed by atoms with E-state index >= 15 is 0 Å². The van der Waals surface area contributed by atoms with E-state index < -0.39 is 0 Å². The van der Waals surface area contributed by atoms with Crippen LogP contribution in [0, 0.1) is 11.8 Å². The molecule has 5 unspecified atom stereocenters. The standard InChI is InChI=1S/C24H47NO3/c1-12-18(4)13-23(7,8)26-16-21(15-25(10)11)24(9)14-19(5)27-22(17(2)3)20(6)28-24/h18-22H,2,12-16H2,1,3-11H3/t18-,19?,20?,21?,22?,24?/m1/s1. The minimum atomic E-state index is -0.306. The molecule has 1 aliphatic rings. The van der Waals surface area contributed by atoms with Gasteiger partial charge in [0.1, 0.15) is 6.10 Å². The van der Waals surface area contributed by atoms with Crippen LogP contribution in [0.1, 0.15) is 74.7 Å². The first-order valence-electron chi connectivity index (χ1n) is 11.1. The molecule has 0 spiro atoms. The Kier molecular flexibility index (Phi) is 9.66. The summed E-state index contributed by atoms with van der Waals surface area (Å²) in [5, 5.41) is 0. The molecule has 4 nitrogen and oxygen atoms in total. The third kappa shape index (κ3) is 7.78. The van der Waals surface area contributed by atoms with Crippen LogP contribution in [-0.2, 0) is 14.2 Å². The quantitative estimate of drug-likeness (QED) is 0.467. The summed E-state index contributed by atoms with van der Waals surface area (Å²) in [7, 11) is 4.24. The zero-order valence-electron chi connectivity index (χ0n) is 20.3. The monoisotopic (exact) mass is 397 g/mol. The number of hydrogen-bond acceptors (Lipinski definition) is 4. The lowest BCUT2D eigenvalue weighted by Gasteiger charge is -2.41. The van der Waals surface area contributed by atoms with Crippen molar-refractivity contribution in [2.75, 3.05) is 27.2 Å². The molecule has 0 aromatic carbocycles.